The summed E-state index contributed by atoms with van der Waals surface area (Å²) in [5.41, 5.74) is 7.22. The molecule has 0 bridgehead atoms. The monoisotopic (exact) mass is 210 g/mol. The van der Waals surface area contributed by atoms with Gasteiger partial charge in [-0.3, -0.25) is 0 Å². The number of ether oxygens (including phenoxy) is 1. The molecule has 0 unspecified atom stereocenters. The molecule has 1 aliphatic heterocycles. The van der Waals surface area contributed by atoms with Crippen LogP contribution in [-0.2, 0) is 4.74 Å². The van der Waals surface area contributed by atoms with Crippen LogP contribution in [0, 0.1) is 5.82 Å². The van der Waals surface area contributed by atoms with Crippen LogP contribution in [0.3, 0.4) is 0 Å². The van der Waals surface area contributed by atoms with Crippen molar-refractivity contribution in [3.63, 3.8) is 0 Å². The van der Waals surface area contributed by atoms with Gasteiger partial charge < -0.3 is 15.4 Å². The van der Waals surface area contributed by atoms with Crippen LogP contribution in [0.15, 0.2) is 18.2 Å². The molecule has 0 amide bonds. The number of halogens is 1. The van der Waals surface area contributed by atoms with Crippen molar-refractivity contribution < 1.29 is 9.13 Å². The van der Waals surface area contributed by atoms with Crippen LogP contribution in [0.1, 0.15) is 6.42 Å². The quantitative estimate of drug-likeness (QED) is 0.716. The summed E-state index contributed by atoms with van der Waals surface area (Å²) >= 11 is 0. The third-order valence-electron chi connectivity index (χ3n) is 2.56. The lowest BCUT2D eigenvalue weighted by Gasteiger charge is -2.23. The van der Waals surface area contributed by atoms with Crippen LogP contribution in [-0.4, -0.2) is 26.3 Å². The van der Waals surface area contributed by atoms with Crippen LogP contribution in [0.2, 0.25) is 0 Å². The molecule has 1 heterocycles. The number of benzene rings is 1. The largest absolute Gasteiger partial charge is 0.397 e. The summed E-state index contributed by atoms with van der Waals surface area (Å²) in [5.74, 6) is -0.246. The number of rotatable bonds is 1. The Bertz CT molecular complexity index is 335. The maximum absolute atomic E-state index is 13.1. The van der Waals surface area contributed by atoms with Crippen molar-refractivity contribution in [3.8, 4) is 0 Å². The topological polar surface area (TPSA) is 38.5 Å². The molecular weight excluding hydrogens is 195 g/mol. The van der Waals surface area contributed by atoms with Gasteiger partial charge in [0.15, 0.2) is 0 Å². The molecule has 0 saturated carbocycles. The van der Waals surface area contributed by atoms with Crippen molar-refractivity contribution in [2.75, 3.05) is 36.9 Å². The van der Waals surface area contributed by atoms with E-state index in [0.29, 0.717) is 12.3 Å². The molecule has 4 heteroatoms. The first kappa shape index (κ1) is 10.2. The van der Waals surface area contributed by atoms with Crippen LogP contribution in [0.25, 0.3) is 0 Å². The molecule has 1 aliphatic rings. The van der Waals surface area contributed by atoms with E-state index in [-0.39, 0.29) is 5.82 Å². The number of nitrogen functional groups attached to an aromatic ring is 1. The lowest BCUT2D eigenvalue weighted by atomic mass is 10.2. The van der Waals surface area contributed by atoms with Crippen LogP contribution < -0.4 is 10.6 Å². The standard InChI is InChI=1S/C11H15FN2O/c12-9-2-3-10(13)11(8-9)14-4-1-6-15-7-5-14/h2-3,8H,1,4-7,13H2. The highest BCUT2D eigenvalue weighted by atomic mass is 19.1. The van der Waals surface area contributed by atoms with E-state index in [2.05, 4.69) is 4.90 Å². The van der Waals surface area contributed by atoms with Crippen molar-refractivity contribution in [1.82, 2.24) is 0 Å². The summed E-state index contributed by atoms with van der Waals surface area (Å²) in [5, 5.41) is 0. The molecular formula is C11H15FN2O. The molecule has 0 aromatic heterocycles. The molecule has 0 spiro atoms. The summed E-state index contributed by atoms with van der Waals surface area (Å²) in [6.07, 6.45) is 0.954. The molecule has 0 atom stereocenters. The van der Waals surface area contributed by atoms with E-state index in [1.165, 1.54) is 12.1 Å². The zero-order valence-corrected chi connectivity index (χ0v) is 8.58. The second kappa shape index (κ2) is 4.49. The van der Waals surface area contributed by atoms with Gasteiger partial charge in [-0.2, -0.15) is 0 Å². The Kier molecular flexibility index (Phi) is 3.06. The lowest BCUT2D eigenvalue weighted by molar-refractivity contribution is 0.152. The average Bonchev–Trinajstić information content (AvgIpc) is 2.50. The van der Waals surface area contributed by atoms with Crippen molar-refractivity contribution in [2.24, 2.45) is 0 Å². The van der Waals surface area contributed by atoms with Crippen molar-refractivity contribution in [3.05, 3.63) is 24.0 Å². The Hall–Kier alpha value is -1.29. The normalized spacial score (nSPS) is 17.5. The highest BCUT2D eigenvalue weighted by Crippen LogP contribution is 2.24. The third-order valence-corrected chi connectivity index (χ3v) is 2.56. The molecule has 15 heavy (non-hydrogen) atoms. The fourth-order valence-corrected chi connectivity index (χ4v) is 1.78. The Morgan fingerprint density at radius 1 is 1.27 bits per heavy atom. The second-order valence-electron chi connectivity index (χ2n) is 3.66. The first-order chi connectivity index (χ1) is 7.27. The van der Waals surface area contributed by atoms with Crippen molar-refractivity contribution in [2.45, 2.75) is 6.42 Å². The van der Waals surface area contributed by atoms with Gasteiger partial charge >= 0.3 is 0 Å². The van der Waals surface area contributed by atoms with Gasteiger partial charge in [-0.1, -0.05) is 0 Å². The SMILES string of the molecule is Nc1ccc(F)cc1N1CCCOCC1. The van der Waals surface area contributed by atoms with Crippen LogP contribution in [0.5, 0.6) is 0 Å². The summed E-state index contributed by atoms with van der Waals surface area (Å²) in [4.78, 5) is 2.07. The first-order valence-electron chi connectivity index (χ1n) is 5.15. The van der Waals surface area contributed by atoms with Gasteiger partial charge in [0, 0.05) is 19.7 Å². The van der Waals surface area contributed by atoms with E-state index < -0.39 is 0 Å². The summed E-state index contributed by atoms with van der Waals surface area (Å²) in [7, 11) is 0. The molecule has 82 valence electrons. The van der Waals surface area contributed by atoms with E-state index in [1.807, 2.05) is 0 Å². The van der Waals surface area contributed by atoms with Gasteiger partial charge in [0.2, 0.25) is 0 Å². The van der Waals surface area contributed by atoms with Gasteiger partial charge in [-0.15, -0.1) is 0 Å². The minimum atomic E-state index is -0.246. The predicted molar refractivity (Wildman–Crippen MR) is 58.5 cm³/mol. The van der Waals surface area contributed by atoms with Crippen LogP contribution >= 0.6 is 0 Å². The Morgan fingerprint density at radius 2 is 2.13 bits per heavy atom. The lowest BCUT2D eigenvalue weighted by Crippen LogP contribution is -2.26. The van der Waals surface area contributed by atoms with Crippen molar-refractivity contribution in [1.29, 1.82) is 0 Å². The number of nitrogens with two attached hydrogens (primary N) is 1. The fraction of sp³-hybridized carbons (Fsp3) is 0.455. The van der Waals surface area contributed by atoms with Gasteiger partial charge in [0.25, 0.3) is 0 Å². The molecule has 0 aliphatic carbocycles. The van der Waals surface area contributed by atoms with E-state index in [1.54, 1.807) is 6.07 Å². The molecule has 1 aromatic rings. The highest BCUT2D eigenvalue weighted by molar-refractivity contribution is 5.67. The third kappa shape index (κ3) is 2.39. The molecule has 1 saturated heterocycles. The molecule has 1 fully saturated rings. The van der Waals surface area contributed by atoms with E-state index in [4.69, 9.17) is 10.5 Å². The summed E-state index contributed by atoms with van der Waals surface area (Å²) in [6, 6.07) is 4.48. The molecule has 0 radical (unpaired) electrons. The van der Waals surface area contributed by atoms with E-state index in [0.717, 1.165) is 31.8 Å². The predicted octanol–water partition coefficient (Wildman–Crippen LogP) is 1.63. The molecule has 1 aromatic carbocycles. The molecule has 2 N–H and O–H groups in total. The Morgan fingerprint density at radius 3 is 3.00 bits per heavy atom. The second-order valence-corrected chi connectivity index (χ2v) is 3.66. The minimum Gasteiger partial charge on any atom is -0.397 e. The van der Waals surface area contributed by atoms with E-state index in [9.17, 15) is 4.39 Å². The zero-order valence-electron chi connectivity index (χ0n) is 8.58. The van der Waals surface area contributed by atoms with Crippen LogP contribution in [0.4, 0.5) is 15.8 Å². The number of anilines is 2. The Labute approximate surface area is 88.6 Å². The highest BCUT2D eigenvalue weighted by Gasteiger charge is 2.13. The average molecular weight is 210 g/mol. The zero-order chi connectivity index (χ0) is 10.7. The fourth-order valence-electron chi connectivity index (χ4n) is 1.78. The minimum absolute atomic E-state index is 0.246. The van der Waals surface area contributed by atoms with Gasteiger partial charge in [-0.05, 0) is 24.6 Å². The maximum Gasteiger partial charge on any atom is 0.125 e. The number of hydrogen-bond acceptors (Lipinski definition) is 3. The molecule has 3 nitrogen and oxygen atoms in total. The Balaban J connectivity index is 2.22. The van der Waals surface area contributed by atoms with Gasteiger partial charge in [0.05, 0.1) is 18.0 Å². The molecule has 2 rings (SSSR count). The van der Waals surface area contributed by atoms with Gasteiger partial charge in [0.1, 0.15) is 5.82 Å². The van der Waals surface area contributed by atoms with Crippen molar-refractivity contribution >= 4 is 11.4 Å². The number of nitrogens with zero attached hydrogens (tertiary/aromatic N) is 1. The van der Waals surface area contributed by atoms with Gasteiger partial charge in [-0.25, -0.2) is 4.39 Å². The smallest absolute Gasteiger partial charge is 0.125 e. The van der Waals surface area contributed by atoms with E-state index >= 15 is 0 Å². The number of hydrogen-bond donors (Lipinski definition) is 1. The first-order valence-corrected chi connectivity index (χ1v) is 5.15. The summed E-state index contributed by atoms with van der Waals surface area (Å²) < 4.78 is 18.4. The maximum atomic E-state index is 13.1. The summed E-state index contributed by atoms with van der Waals surface area (Å²) in [6.45, 7) is 3.09.